The van der Waals surface area contributed by atoms with E-state index in [0.29, 0.717) is 12.8 Å². The zero-order valence-corrected chi connectivity index (χ0v) is 32.3. The van der Waals surface area contributed by atoms with Crippen molar-refractivity contribution in [1.82, 2.24) is 0 Å². The van der Waals surface area contributed by atoms with E-state index < -0.39 is 26.5 Å². The van der Waals surface area contributed by atoms with Crippen LogP contribution in [0, 0.1) is 0 Å². The average molecular weight is 703 g/mol. The summed E-state index contributed by atoms with van der Waals surface area (Å²) in [7, 11) is -4.27. The van der Waals surface area contributed by atoms with Crippen LogP contribution in [0.2, 0.25) is 0 Å². The summed E-state index contributed by atoms with van der Waals surface area (Å²) in [5, 5.41) is 0. The maximum atomic E-state index is 12.5. The van der Waals surface area contributed by atoms with Gasteiger partial charge in [-0.3, -0.25) is 18.6 Å². The molecule has 8 nitrogen and oxygen atoms in total. The molecule has 2 atom stereocenters. The number of phosphoric acid groups is 1. The molecule has 0 aromatic heterocycles. The first-order chi connectivity index (χ1) is 23.3. The smallest absolute Gasteiger partial charge is 0.462 e. The Morgan fingerprint density at radius 3 is 1.38 bits per heavy atom. The Kier molecular flexibility index (Phi) is 34.7. The number of ether oxygens (including phenoxy) is 2. The Bertz CT molecular complexity index is 803. The van der Waals surface area contributed by atoms with Crippen LogP contribution in [0.25, 0.3) is 0 Å². The van der Waals surface area contributed by atoms with Crippen LogP contribution >= 0.6 is 7.82 Å². The number of rotatable bonds is 37. The van der Waals surface area contributed by atoms with E-state index in [1.54, 1.807) is 6.92 Å². The van der Waals surface area contributed by atoms with Gasteiger partial charge in [0.2, 0.25) is 0 Å². The minimum Gasteiger partial charge on any atom is -0.462 e. The van der Waals surface area contributed by atoms with E-state index >= 15 is 0 Å². The van der Waals surface area contributed by atoms with E-state index in [-0.39, 0.29) is 25.6 Å². The summed E-state index contributed by atoms with van der Waals surface area (Å²) >= 11 is 0. The summed E-state index contributed by atoms with van der Waals surface area (Å²) in [5.74, 6) is -0.800. The number of phosphoric ester groups is 1. The third-order valence-corrected chi connectivity index (χ3v) is 9.63. The number of carbonyl (C=O) groups is 2. The fourth-order valence-electron chi connectivity index (χ4n) is 5.62. The average Bonchev–Trinajstić information content (AvgIpc) is 3.06. The van der Waals surface area contributed by atoms with Crippen LogP contribution in [0.5, 0.6) is 0 Å². The number of hydrogen-bond donors (Lipinski definition) is 1. The largest absolute Gasteiger partial charge is 0.472 e. The van der Waals surface area contributed by atoms with Crippen LogP contribution in [-0.2, 0) is 32.7 Å². The van der Waals surface area contributed by atoms with Gasteiger partial charge in [-0.1, -0.05) is 154 Å². The molecule has 0 aromatic carbocycles. The topological polar surface area (TPSA) is 108 Å². The van der Waals surface area contributed by atoms with Crippen LogP contribution in [0.4, 0.5) is 0 Å². The van der Waals surface area contributed by atoms with E-state index in [4.69, 9.17) is 18.5 Å². The first-order valence-corrected chi connectivity index (χ1v) is 21.5. The van der Waals surface area contributed by atoms with Crippen LogP contribution < -0.4 is 0 Å². The van der Waals surface area contributed by atoms with Crippen molar-refractivity contribution >= 4 is 19.8 Å². The molecule has 0 aliphatic heterocycles. The lowest BCUT2D eigenvalue weighted by molar-refractivity contribution is -0.161. The Labute approximate surface area is 295 Å². The summed E-state index contributed by atoms with van der Waals surface area (Å²) in [6.45, 7) is 5.47. The standard InChI is InChI=1S/C39H75O8P/c1-4-7-9-11-13-15-17-19-20-22-24-26-28-30-32-34-39(41)47-37(36-46-48(42,43)45-6-3)35-44-38(40)33-31-29-27-25-23-21-18-16-14-12-10-8-5-2/h19-20,37H,4-18,21-36H2,1-3H3,(H,42,43)/b20-19-/t37-/m0/s1. The molecule has 0 saturated carbocycles. The minimum absolute atomic E-state index is 0.00181. The molecule has 0 aromatic rings. The van der Waals surface area contributed by atoms with Gasteiger partial charge in [0, 0.05) is 12.8 Å². The molecule has 0 amide bonds. The molecular weight excluding hydrogens is 627 g/mol. The summed E-state index contributed by atoms with van der Waals surface area (Å²) in [5.41, 5.74) is 0. The number of unbranched alkanes of at least 4 members (excludes halogenated alkanes) is 23. The van der Waals surface area contributed by atoms with Gasteiger partial charge in [-0.05, 0) is 45.4 Å². The maximum Gasteiger partial charge on any atom is 0.472 e. The first-order valence-electron chi connectivity index (χ1n) is 20.0. The van der Waals surface area contributed by atoms with Gasteiger partial charge in [0.15, 0.2) is 6.10 Å². The van der Waals surface area contributed by atoms with Crippen LogP contribution in [0.1, 0.15) is 201 Å². The predicted octanol–water partition coefficient (Wildman–Crippen LogP) is 12.1. The predicted molar refractivity (Wildman–Crippen MR) is 198 cm³/mol. The third kappa shape index (κ3) is 34.6. The Balaban J connectivity index is 4.12. The second kappa shape index (κ2) is 35.6. The fraction of sp³-hybridized carbons (Fsp3) is 0.897. The maximum absolute atomic E-state index is 12.5. The highest BCUT2D eigenvalue weighted by Crippen LogP contribution is 2.43. The van der Waals surface area contributed by atoms with E-state index in [1.165, 1.54) is 109 Å². The van der Waals surface area contributed by atoms with E-state index in [0.717, 1.165) is 51.4 Å². The molecule has 0 spiro atoms. The van der Waals surface area contributed by atoms with Gasteiger partial charge in [0.05, 0.1) is 13.2 Å². The molecule has 1 unspecified atom stereocenters. The Morgan fingerprint density at radius 2 is 0.938 bits per heavy atom. The third-order valence-electron chi connectivity index (χ3n) is 8.57. The molecule has 0 fully saturated rings. The molecule has 0 bridgehead atoms. The van der Waals surface area contributed by atoms with Crippen molar-refractivity contribution in [3.63, 3.8) is 0 Å². The van der Waals surface area contributed by atoms with Crippen molar-refractivity contribution in [3.8, 4) is 0 Å². The lowest BCUT2D eigenvalue weighted by atomic mass is 10.0. The highest BCUT2D eigenvalue weighted by Gasteiger charge is 2.25. The number of hydrogen-bond acceptors (Lipinski definition) is 7. The van der Waals surface area contributed by atoms with Crippen LogP contribution in [0.3, 0.4) is 0 Å². The van der Waals surface area contributed by atoms with Gasteiger partial charge in [-0.2, -0.15) is 0 Å². The van der Waals surface area contributed by atoms with Gasteiger partial charge in [0.1, 0.15) is 6.61 Å². The molecule has 1 N–H and O–H groups in total. The summed E-state index contributed by atoms with van der Waals surface area (Å²) in [6.07, 6.45) is 35.4. The summed E-state index contributed by atoms with van der Waals surface area (Å²) < 4.78 is 32.5. The fourth-order valence-corrected chi connectivity index (χ4v) is 6.38. The van der Waals surface area contributed by atoms with Crippen molar-refractivity contribution in [2.45, 2.75) is 207 Å². The number of carbonyl (C=O) groups excluding carboxylic acids is 2. The highest BCUT2D eigenvalue weighted by atomic mass is 31.2. The Hall–Kier alpha value is -1.21. The molecule has 0 saturated heterocycles. The Morgan fingerprint density at radius 1 is 0.542 bits per heavy atom. The van der Waals surface area contributed by atoms with Gasteiger partial charge < -0.3 is 14.4 Å². The van der Waals surface area contributed by atoms with Crippen molar-refractivity contribution in [2.75, 3.05) is 19.8 Å². The van der Waals surface area contributed by atoms with Gasteiger partial charge in [0.25, 0.3) is 0 Å². The van der Waals surface area contributed by atoms with E-state index in [2.05, 4.69) is 26.0 Å². The van der Waals surface area contributed by atoms with Crippen LogP contribution in [-0.4, -0.2) is 42.8 Å². The number of esters is 2. The zero-order valence-electron chi connectivity index (χ0n) is 31.4. The SMILES string of the molecule is CCCCCCCC/C=C\CCCCCCCC(=O)O[C@@H](COC(=O)CCCCCCCCCCCCCCC)COP(=O)(O)OCC. The summed E-state index contributed by atoms with van der Waals surface area (Å²) in [4.78, 5) is 34.6. The van der Waals surface area contributed by atoms with Gasteiger partial charge >= 0.3 is 19.8 Å². The normalized spacial score (nSPS) is 13.5. The van der Waals surface area contributed by atoms with Gasteiger partial charge in [-0.15, -0.1) is 0 Å². The monoisotopic (exact) mass is 703 g/mol. The van der Waals surface area contributed by atoms with Crippen molar-refractivity contribution in [1.29, 1.82) is 0 Å². The molecule has 284 valence electrons. The lowest BCUT2D eigenvalue weighted by Gasteiger charge is -2.19. The molecule has 9 heteroatoms. The first kappa shape index (κ1) is 46.8. The van der Waals surface area contributed by atoms with E-state index in [9.17, 15) is 19.0 Å². The summed E-state index contributed by atoms with van der Waals surface area (Å²) in [6, 6.07) is 0. The minimum atomic E-state index is -4.27. The molecule has 0 aliphatic carbocycles. The molecule has 48 heavy (non-hydrogen) atoms. The molecule has 0 aliphatic rings. The quantitative estimate of drug-likeness (QED) is 0.0295. The van der Waals surface area contributed by atoms with Gasteiger partial charge in [-0.25, -0.2) is 4.57 Å². The second-order valence-corrected chi connectivity index (χ2v) is 14.8. The van der Waals surface area contributed by atoms with Crippen molar-refractivity contribution in [3.05, 3.63) is 12.2 Å². The van der Waals surface area contributed by atoms with Crippen molar-refractivity contribution in [2.24, 2.45) is 0 Å². The lowest BCUT2D eigenvalue weighted by Crippen LogP contribution is -2.29. The second-order valence-electron chi connectivity index (χ2n) is 13.3. The van der Waals surface area contributed by atoms with E-state index in [1.807, 2.05) is 0 Å². The highest BCUT2D eigenvalue weighted by molar-refractivity contribution is 7.47. The van der Waals surface area contributed by atoms with Crippen molar-refractivity contribution < 1.29 is 37.6 Å². The number of allylic oxidation sites excluding steroid dienone is 2. The zero-order chi connectivity index (χ0) is 35.4. The molecule has 0 radical (unpaired) electrons. The molecule has 0 heterocycles. The van der Waals surface area contributed by atoms with Crippen LogP contribution in [0.15, 0.2) is 12.2 Å². The molecular formula is C39H75O8P. The molecule has 0 rings (SSSR count).